The van der Waals surface area contributed by atoms with Crippen molar-refractivity contribution in [3.05, 3.63) is 35.4 Å². The van der Waals surface area contributed by atoms with Crippen molar-refractivity contribution in [1.82, 2.24) is 0 Å². The molecule has 0 fully saturated rings. The first-order valence-corrected chi connectivity index (χ1v) is 11.5. The molecule has 124 valence electrons. The monoisotopic (exact) mass is 344 g/mol. The SMILES string of the molecule is O=S1(=O)CCCCCCCCS(=O)(=O)Cc2ccc(cc2)C1. The summed E-state index contributed by atoms with van der Waals surface area (Å²) < 4.78 is 48.2. The van der Waals surface area contributed by atoms with E-state index in [9.17, 15) is 16.8 Å². The summed E-state index contributed by atoms with van der Waals surface area (Å²) in [6, 6.07) is 6.92. The summed E-state index contributed by atoms with van der Waals surface area (Å²) in [6.45, 7) is 0. The minimum Gasteiger partial charge on any atom is -0.228 e. The molecule has 0 aliphatic carbocycles. The molecule has 0 radical (unpaired) electrons. The van der Waals surface area contributed by atoms with E-state index in [-0.39, 0.29) is 23.0 Å². The van der Waals surface area contributed by atoms with Crippen LogP contribution in [0, 0.1) is 0 Å². The smallest absolute Gasteiger partial charge is 0.154 e. The van der Waals surface area contributed by atoms with Crippen molar-refractivity contribution in [3.8, 4) is 0 Å². The van der Waals surface area contributed by atoms with Crippen LogP contribution in [-0.2, 0) is 31.2 Å². The van der Waals surface area contributed by atoms with Crippen molar-refractivity contribution in [2.24, 2.45) is 0 Å². The Hall–Kier alpha value is -0.880. The molecule has 4 nitrogen and oxygen atoms in total. The van der Waals surface area contributed by atoms with E-state index in [4.69, 9.17) is 0 Å². The molecule has 1 aromatic rings. The summed E-state index contributed by atoms with van der Waals surface area (Å²) in [5.41, 5.74) is 1.46. The van der Waals surface area contributed by atoms with Crippen LogP contribution in [0.4, 0.5) is 0 Å². The zero-order valence-corrected chi connectivity index (χ0v) is 14.5. The minimum absolute atomic E-state index is 0.0417. The molecular formula is C16H24O4S2. The highest BCUT2D eigenvalue weighted by atomic mass is 32.2. The fourth-order valence-electron chi connectivity index (χ4n) is 2.73. The Bertz CT molecular complexity index is 612. The lowest BCUT2D eigenvalue weighted by Crippen LogP contribution is -2.11. The quantitative estimate of drug-likeness (QED) is 0.726. The molecule has 1 aromatic carbocycles. The Morgan fingerprint density at radius 1 is 0.545 bits per heavy atom. The molecule has 0 N–H and O–H groups in total. The summed E-state index contributed by atoms with van der Waals surface area (Å²) in [4.78, 5) is 0. The van der Waals surface area contributed by atoms with Gasteiger partial charge in [-0.05, 0) is 24.0 Å². The van der Waals surface area contributed by atoms with E-state index in [0.29, 0.717) is 12.8 Å². The molecule has 0 atom stereocenters. The summed E-state index contributed by atoms with van der Waals surface area (Å²) in [5, 5.41) is 0. The highest BCUT2D eigenvalue weighted by Gasteiger charge is 2.14. The van der Waals surface area contributed by atoms with E-state index in [1.165, 1.54) is 0 Å². The average Bonchev–Trinajstić information content (AvgIpc) is 2.42. The van der Waals surface area contributed by atoms with Gasteiger partial charge in [-0.1, -0.05) is 49.9 Å². The molecule has 2 aliphatic rings. The van der Waals surface area contributed by atoms with Crippen LogP contribution in [0.1, 0.15) is 49.7 Å². The van der Waals surface area contributed by atoms with Gasteiger partial charge in [0.1, 0.15) is 0 Å². The third-order valence-electron chi connectivity index (χ3n) is 3.96. The Balaban J connectivity index is 2.16. The molecule has 2 bridgehead atoms. The maximum atomic E-state index is 12.1. The number of fused-ring (bicyclic) bond motifs is 13. The number of rotatable bonds is 0. The van der Waals surface area contributed by atoms with Gasteiger partial charge in [0.2, 0.25) is 0 Å². The van der Waals surface area contributed by atoms with E-state index in [2.05, 4.69) is 0 Å². The highest BCUT2D eigenvalue weighted by Crippen LogP contribution is 2.15. The van der Waals surface area contributed by atoms with Gasteiger partial charge in [-0.25, -0.2) is 16.8 Å². The highest BCUT2D eigenvalue weighted by molar-refractivity contribution is 7.90. The van der Waals surface area contributed by atoms with Gasteiger partial charge in [-0.2, -0.15) is 0 Å². The normalized spacial score (nSPS) is 23.1. The van der Waals surface area contributed by atoms with Crippen molar-refractivity contribution < 1.29 is 16.8 Å². The fourth-order valence-corrected chi connectivity index (χ4v) is 5.71. The summed E-state index contributed by atoms with van der Waals surface area (Å²) in [6.07, 6.45) is 5.12. The summed E-state index contributed by atoms with van der Waals surface area (Å²) in [5.74, 6) is 0.562. The topological polar surface area (TPSA) is 68.3 Å². The molecule has 3 rings (SSSR count). The first kappa shape index (κ1) is 17.5. The molecule has 22 heavy (non-hydrogen) atoms. The first-order chi connectivity index (χ1) is 10.4. The molecule has 0 unspecified atom stereocenters. The van der Waals surface area contributed by atoms with Gasteiger partial charge in [0.15, 0.2) is 19.7 Å². The number of benzene rings is 1. The van der Waals surface area contributed by atoms with Crippen LogP contribution in [-0.4, -0.2) is 28.3 Å². The molecule has 0 amide bonds. The van der Waals surface area contributed by atoms with Crippen LogP contribution in [0.3, 0.4) is 0 Å². The predicted molar refractivity (Wildman–Crippen MR) is 89.1 cm³/mol. The second-order valence-electron chi connectivity index (χ2n) is 6.12. The molecule has 2 aliphatic heterocycles. The standard InChI is InChI=1S/C16H24O4S2/c17-21(18)11-5-3-1-2-4-6-12-22(19,20)14-16-9-7-15(13-21)8-10-16/h7-10H,1-6,11-14H2. The van der Waals surface area contributed by atoms with Gasteiger partial charge < -0.3 is 0 Å². The lowest BCUT2D eigenvalue weighted by molar-refractivity contribution is 0.575. The molecule has 6 heteroatoms. The van der Waals surface area contributed by atoms with Crippen molar-refractivity contribution >= 4 is 19.7 Å². The van der Waals surface area contributed by atoms with Gasteiger partial charge in [0.25, 0.3) is 0 Å². The third-order valence-corrected chi connectivity index (χ3v) is 7.32. The number of sulfone groups is 2. The van der Waals surface area contributed by atoms with E-state index in [1.807, 2.05) is 0 Å². The van der Waals surface area contributed by atoms with E-state index in [1.54, 1.807) is 24.3 Å². The largest absolute Gasteiger partial charge is 0.228 e. The second kappa shape index (κ2) is 7.59. The molecule has 0 saturated carbocycles. The first-order valence-electron chi connectivity index (χ1n) is 7.85. The van der Waals surface area contributed by atoms with Gasteiger partial charge in [0.05, 0.1) is 23.0 Å². The zero-order chi connectivity index (χ0) is 16.1. The minimum atomic E-state index is -3.07. The number of hydrogen-bond acceptors (Lipinski definition) is 4. The van der Waals surface area contributed by atoms with Crippen LogP contribution < -0.4 is 0 Å². The van der Waals surface area contributed by atoms with E-state index < -0.39 is 19.7 Å². The van der Waals surface area contributed by atoms with Crippen LogP contribution in [0.2, 0.25) is 0 Å². The Kier molecular flexibility index (Phi) is 6.03. The molecule has 0 saturated heterocycles. The number of hydrogen-bond donors (Lipinski definition) is 0. The van der Waals surface area contributed by atoms with Crippen molar-refractivity contribution in [3.63, 3.8) is 0 Å². The van der Waals surface area contributed by atoms with Crippen LogP contribution in [0.25, 0.3) is 0 Å². The Morgan fingerprint density at radius 2 is 0.864 bits per heavy atom. The summed E-state index contributed by atoms with van der Waals surface area (Å²) in [7, 11) is -6.15. The van der Waals surface area contributed by atoms with E-state index in [0.717, 1.165) is 36.8 Å². The van der Waals surface area contributed by atoms with Gasteiger partial charge >= 0.3 is 0 Å². The van der Waals surface area contributed by atoms with Crippen LogP contribution >= 0.6 is 0 Å². The van der Waals surface area contributed by atoms with Crippen LogP contribution in [0.5, 0.6) is 0 Å². The molecule has 0 spiro atoms. The van der Waals surface area contributed by atoms with Crippen molar-refractivity contribution in [1.29, 1.82) is 0 Å². The predicted octanol–water partition coefficient (Wildman–Crippen LogP) is 2.87. The lowest BCUT2D eigenvalue weighted by atomic mass is 10.1. The van der Waals surface area contributed by atoms with Gasteiger partial charge in [0, 0.05) is 0 Å². The fraction of sp³-hybridized carbons (Fsp3) is 0.625. The zero-order valence-electron chi connectivity index (χ0n) is 12.8. The van der Waals surface area contributed by atoms with Crippen molar-refractivity contribution in [2.45, 2.75) is 50.0 Å². The average molecular weight is 344 g/mol. The second-order valence-corrected chi connectivity index (χ2v) is 10.5. The van der Waals surface area contributed by atoms with Crippen LogP contribution in [0.15, 0.2) is 24.3 Å². The summed E-state index contributed by atoms with van der Waals surface area (Å²) >= 11 is 0. The maximum Gasteiger partial charge on any atom is 0.154 e. The van der Waals surface area contributed by atoms with Gasteiger partial charge in [-0.15, -0.1) is 0 Å². The molecule has 0 aromatic heterocycles. The Labute approximate surface area is 133 Å². The van der Waals surface area contributed by atoms with E-state index >= 15 is 0 Å². The van der Waals surface area contributed by atoms with Crippen molar-refractivity contribution in [2.75, 3.05) is 11.5 Å². The van der Waals surface area contributed by atoms with Gasteiger partial charge in [-0.3, -0.25) is 0 Å². The molecule has 2 heterocycles. The third kappa shape index (κ3) is 6.08. The molecular weight excluding hydrogens is 320 g/mol. The Morgan fingerprint density at radius 3 is 1.23 bits per heavy atom. The lowest BCUT2D eigenvalue weighted by Gasteiger charge is -2.09. The maximum absolute atomic E-state index is 12.1.